The van der Waals surface area contributed by atoms with Gasteiger partial charge in [-0.05, 0) is 50.6 Å². The van der Waals surface area contributed by atoms with E-state index in [0.717, 1.165) is 27.4 Å². The molecule has 4 nitrogen and oxygen atoms in total. The Balaban J connectivity index is 2.13. The van der Waals surface area contributed by atoms with Crippen LogP contribution in [0.15, 0.2) is 10.7 Å². The van der Waals surface area contributed by atoms with Gasteiger partial charge in [0.25, 0.3) is 0 Å². The van der Waals surface area contributed by atoms with Crippen molar-refractivity contribution < 1.29 is 4.74 Å². The van der Waals surface area contributed by atoms with Crippen LogP contribution in [-0.4, -0.2) is 29.4 Å². The Labute approximate surface area is 146 Å². The lowest BCUT2D eigenvalue weighted by molar-refractivity contribution is 0.0814. The van der Waals surface area contributed by atoms with E-state index in [4.69, 9.17) is 16.3 Å². The van der Waals surface area contributed by atoms with E-state index in [9.17, 15) is 0 Å². The molecule has 0 aliphatic carbocycles. The zero-order valence-electron chi connectivity index (χ0n) is 11.6. The van der Waals surface area contributed by atoms with Gasteiger partial charge in [0.1, 0.15) is 20.6 Å². The highest BCUT2D eigenvalue weighted by Gasteiger charge is 2.14. The molecule has 0 unspecified atom stereocenters. The van der Waals surface area contributed by atoms with Crippen molar-refractivity contribution in [2.24, 2.45) is 0 Å². The van der Waals surface area contributed by atoms with Crippen LogP contribution in [0.2, 0.25) is 30.7 Å². The van der Waals surface area contributed by atoms with E-state index in [0.29, 0.717) is 16.4 Å². The van der Waals surface area contributed by atoms with Crippen LogP contribution in [0.3, 0.4) is 0 Å². The zero-order valence-corrected chi connectivity index (χ0v) is 17.1. The second-order valence-corrected chi connectivity index (χ2v) is 13.6. The highest BCUT2D eigenvalue weighted by atomic mass is 127. The third-order valence-electron chi connectivity index (χ3n) is 2.81. The van der Waals surface area contributed by atoms with E-state index in [1.807, 2.05) is 10.7 Å². The number of fused-ring (bicyclic) bond motifs is 1. The maximum Gasteiger partial charge on any atom is 0.149 e. The van der Waals surface area contributed by atoms with Gasteiger partial charge in [0, 0.05) is 14.7 Å². The highest BCUT2D eigenvalue weighted by Crippen LogP contribution is 2.27. The molecule has 2 aromatic heterocycles. The first kappa shape index (κ1) is 16.7. The van der Waals surface area contributed by atoms with Crippen LogP contribution in [0.4, 0.5) is 0 Å². The summed E-state index contributed by atoms with van der Waals surface area (Å²) in [5, 5.41) is 5.03. The van der Waals surface area contributed by atoms with E-state index >= 15 is 0 Å². The molecule has 0 spiro atoms. The predicted molar refractivity (Wildman–Crippen MR) is 97.1 cm³/mol. The lowest BCUT2D eigenvalue weighted by Gasteiger charge is -2.15. The minimum Gasteiger partial charge on any atom is -0.360 e. The molecule has 0 aromatic carbocycles. The number of hydrogen-bond acceptors (Lipinski definition) is 3. The molecule has 0 radical (unpaired) electrons. The number of aromatic nitrogens is 3. The summed E-state index contributed by atoms with van der Waals surface area (Å²) in [6.45, 7) is 8.21. The van der Waals surface area contributed by atoms with Crippen molar-refractivity contribution in [3.05, 3.63) is 19.4 Å². The molecule has 2 aromatic rings. The quantitative estimate of drug-likeness (QED) is 0.264. The highest BCUT2D eigenvalue weighted by molar-refractivity contribution is 14.1. The van der Waals surface area contributed by atoms with Gasteiger partial charge in [-0.25, -0.2) is 9.67 Å². The van der Waals surface area contributed by atoms with Gasteiger partial charge in [-0.15, -0.1) is 0 Å². The maximum atomic E-state index is 6.10. The third kappa shape index (κ3) is 4.16. The van der Waals surface area contributed by atoms with Crippen molar-refractivity contribution in [2.75, 3.05) is 6.61 Å². The fourth-order valence-electron chi connectivity index (χ4n) is 1.64. The standard InChI is InChI=1S/C12H16BrClIN3OSi/c1-20(2,3)5-4-19-7-18-9-6-8(14)11(13)16-10(9)12(15)17-18/h6H,4-5,7H2,1-3H3. The van der Waals surface area contributed by atoms with Crippen molar-refractivity contribution >= 4 is 69.2 Å². The molecule has 0 atom stereocenters. The summed E-state index contributed by atoms with van der Waals surface area (Å²) in [6.07, 6.45) is 0. The van der Waals surface area contributed by atoms with E-state index in [2.05, 4.69) is 68.2 Å². The first-order valence-electron chi connectivity index (χ1n) is 6.24. The first-order valence-corrected chi connectivity index (χ1v) is 12.2. The van der Waals surface area contributed by atoms with Crippen molar-refractivity contribution in [1.82, 2.24) is 14.8 Å². The van der Waals surface area contributed by atoms with Gasteiger partial charge >= 0.3 is 0 Å². The fourth-order valence-corrected chi connectivity index (χ4v) is 3.49. The van der Waals surface area contributed by atoms with Crippen LogP contribution >= 0.6 is 50.1 Å². The molecule has 0 aliphatic rings. The zero-order chi connectivity index (χ0) is 14.9. The number of nitrogens with zero attached hydrogens (tertiary/aromatic N) is 3. The molecule has 0 N–H and O–H groups in total. The maximum absolute atomic E-state index is 6.10. The Hall–Kier alpha value is 0.297. The second-order valence-electron chi connectivity index (χ2n) is 5.77. The van der Waals surface area contributed by atoms with Crippen LogP contribution in [0.1, 0.15) is 0 Å². The summed E-state index contributed by atoms with van der Waals surface area (Å²) in [5.41, 5.74) is 1.74. The summed E-state index contributed by atoms with van der Waals surface area (Å²) < 4.78 is 9.04. The Morgan fingerprint density at radius 1 is 1.45 bits per heavy atom. The number of halogens is 3. The van der Waals surface area contributed by atoms with Crippen LogP contribution in [-0.2, 0) is 11.5 Å². The van der Waals surface area contributed by atoms with Gasteiger partial charge in [-0.1, -0.05) is 31.2 Å². The smallest absolute Gasteiger partial charge is 0.149 e. The Kier molecular flexibility index (Phi) is 5.50. The van der Waals surface area contributed by atoms with Crippen molar-refractivity contribution in [2.45, 2.75) is 32.4 Å². The molecule has 8 heteroatoms. The number of rotatable bonds is 5. The van der Waals surface area contributed by atoms with Gasteiger partial charge in [-0.2, -0.15) is 5.10 Å². The SMILES string of the molecule is C[Si](C)(C)CCOCn1nc(I)c2nc(Br)c(Cl)cc21. The molecule has 0 saturated heterocycles. The second kappa shape index (κ2) is 6.60. The van der Waals surface area contributed by atoms with Gasteiger partial charge in [0.2, 0.25) is 0 Å². The lowest BCUT2D eigenvalue weighted by atomic mass is 10.4. The van der Waals surface area contributed by atoms with E-state index < -0.39 is 8.07 Å². The Morgan fingerprint density at radius 3 is 2.80 bits per heavy atom. The van der Waals surface area contributed by atoms with Gasteiger partial charge in [0.05, 0.1) is 10.5 Å². The summed E-state index contributed by atoms with van der Waals surface area (Å²) in [4.78, 5) is 4.41. The summed E-state index contributed by atoms with van der Waals surface area (Å²) in [7, 11) is -1.06. The van der Waals surface area contributed by atoms with Gasteiger partial charge < -0.3 is 4.74 Å². The average Bonchev–Trinajstić information content (AvgIpc) is 2.62. The minimum atomic E-state index is -1.06. The molecular weight excluding hydrogens is 472 g/mol. The summed E-state index contributed by atoms with van der Waals surface area (Å²) >= 11 is 11.6. The molecule has 0 aliphatic heterocycles. The van der Waals surface area contributed by atoms with Gasteiger partial charge in [0.15, 0.2) is 0 Å². The van der Waals surface area contributed by atoms with Crippen molar-refractivity contribution in [1.29, 1.82) is 0 Å². The van der Waals surface area contributed by atoms with Crippen LogP contribution in [0, 0.1) is 3.70 Å². The third-order valence-corrected chi connectivity index (χ3v) is 6.36. The average molecular weight is 489 g/mol. The van der Waals surface area contributed by atoms with E-state index in [-0.39, 0.29) is 0 Å². The summed E-state index contributed by atoms with van der Waals surface area (Å²) in [6, 6.07) is 3.01. The molecule has 110 valence electrons. The van der Waals surface area contributed by atoms with Crippen molar-refractivity contribution in [3.8, 4) is 0 Å². The summed E-state index contributed by atoms with van der Waals surface area (Å²) in [5.74, 6) is 0. The Bertz CT molecular complexity index is 629. The molecule has 20 heavy (non-hydrogen) atoms. The lowest BCUT2D eigenvalue weighted by Crippen LogP contribution is -2.22. The van der Waals surface area contributed by atoms with Crippen LogP contribution in [0.5, 0.6) is 0 Å². The normalized spacial score (nSPS) is 12.3. The van der Waals surface area contributed by atoms with Crippen LogP contribution < -0.4 is 0 Å². The largest absolute Gasteiger partial charge is 0.360 e. The Morgan fingerprint density at radius 2 is 2.15 bits per heavy atom. The fraction of sp³-hybridized carbons (Fsp3) is 0.500. The number of pyridine rings is 1. The number of hydrogen-bond donors (Lipinski definition) is 0. The monoisotopic (exact) mass is 487 g/mol. The molecule has 0 fully saturated rings. The minimum absolute atomic E-state index is 0.434. The molecule has 0 bridgehead atoms. The van der Waals surface area contributed by atoms with E-state index in [1.54, 1.807) is 0 Å². The molecular formula is C12H16BrClIN3OSi. The topological polar surface area (TPSA) is 39.9 Å². The van der Waals surface area contributed by atoms with Gasteiger partial charge in [-0.3, -0.25) is 0 Å². The molecule has 0 amide bonds. The number of ether oxygens (including phenoxy) is 1. The molecule has 2 heterocycles. The van der Waals surface area contributed by atoms with Crippen LogP contribution in [0.25, 0.3) is 11.0 Å². The van der Waals surface area contributed by atoms with Crippen molar-refractivity contribution in [3.63, 3.8) is 0 Å². The van der Waals surface area contributed by atoms with E-state index in [1.165, 1.54) is 0 Å². The first-order chi connectivity index (χ1) is 9.28. The molecule has 2 rings (SSSR count). The predicted octanol–water partition coefficient (Wildman–Crippen LogP) is 4.76. The molecule has 0 saturated carbocycles.